The number of nitrogens with two attached hydrogens (primary N) is 1. The number of aromatic nitrogens is 2. The Morgan fingerprint density at radius 1 is 1.83 bits per heavy atom. The quantitative estimate of drug-likeness (QED) is 0.363. The topological polar surface area (TPSA) is 55.9 Å². The van der Waals surface area contributed by atoms with E-state index in [9.17, 15) is 0 Å². The molecule has 1 rings (SSSR count). The Labute approximate surface area is 71.7 Å². The van der Waals surface area contributed by atoms with Crippen molar-refractivity contribution in [2.24, 2.45) is 12.9 Å². The van der Waals surface area contributed by atoms with Gasteiger partial charge in [-0.2, -0.15) is 5.10 Å². The fraction of sp³-hybridized carbons (Fsp3) is 0.375. The second-order valence-electron chi connectivity index (χ2n) is 2.61. The highest BCUT2D eigenvalue weighted by molar-refractivity contribution is 5.26. The zero-order chi connectivity index (χ0) is 9.14. The number of hydrogen-bond acceptors (Lipinski definition) is 3. The van der Waals surface area contributed by atoms with Gasteiger partial charge in [0.05, 0.1) is 5.69 Å². The molecule has 0 fully saturated rings. The van der Waals surface area contributed by atoms with Crippen molar-refractivity contribution < 1.29 is 0 Å². The van der Waals surface area contributed by atoms with Gasteiger partial charge in [0, 0.05) is 18.8 Å². The second kappa shape index (κ2) is 3.39. The van der Waals surface area contributed by atoms with Crippen molar-refractivity contribution in [1.29, 1.82) is 0 Å². The van der Waals surface area contributed by atoms with Crippen LogP contribution in [0.5, 0.6) is 0 Å². The fourth-order valence-corrected chi connectivity index (χ4v) is 1.13. The van der Waals surface area contributed by atoms with Crippen molar-refractivity contribution in [3.05, 3.63) is 17.5 Å². The summed E-state index contributed by atoms with van der Waals surface area (Å²) in [5, 5.41) is 4.15. The minimum atomic E-state index is -0.251. The van der Waals surface area contributed by atoms with Gasteiger partial charge in [0.1, 0.15) is 6.04 Å². The molecule has 0 amide bonds. The van der Waals surface area contributed by atoms with E-state index < -0.39 is 0 Å². The summed E-state index contributed by atoms with van der Waals surface area (Å²) < 4.78 is 1.71. The van der Waals surface area contributed by atoms with Crippen molar-refractivity contribution in [3.8, 4) is 12.3 Å². The fourth-order valence-electron chi connectivity index (χ4n) is 1.13. The van der Waals surface area contributed by atoms with E-state index >= 15 is 0 Å². The van der Waals surface area contributed by atoms with Gasteiger partial charge < -0.3 is 0 Å². The second-order valence-corrected chi connectivity index (χ2v) is 2.61. The zero-order valence-corrected chi connectivity index (χ0v) is 7.20. The van der Waals surface area contributed by atoms with E-state index in [4.69, 9.17) is 12.3 Å². The molecule has 0 aromatic carbocycles. The lowest BCUT2D eigenvalue weighted by molar-refractivity contribution is 0.669. The number of rotatable bonds is 2. The highest BCUT2D eigenvalue weighted by Crippen LogP contribution is 2.13. The molecule has 1 atom stereocenters. The maximum Gasteiger partial charge on any atom is 0.110 e. The van der Waals surface area contributed by atoms with Crippen LogP contribution >= 0.6 is 0 Å². The predicted molar refractivity (Wildman–Crippen MR) is 46.8 cm³/mol. The van der Waals surface area contributed by atoms with Crippen LogP contribution in [0.3, 0.4) is 0 Å². The minimum Gasteiger partial charge on any atom is -0.275 e. The predicted octanol–water partition coefficient (Wildman–Crippen LogP) is -0.134. The van der Waals surface area contributed by atoms with E-state index in [2.05, 4.69) is 16.4 Å². The summed E-state index contributed by atoms with van der Waals surface area (Å²) in [6.07, 6.45) is 7.12. The molecule has 0 aliphatic heterocycles. The lowest BCUT2D eigenvalue weighted by Crippen LogP contribution is -2.26. The van der Waals surface area contributed by atoms with E-state index in [0.717, 1.165) is 11.3 Å². The summed E-state index contributed by atoms with van der Waals surface area (Å²) in [6.45, 7) is 1.90. The molecule has 3 N–H and O–H groups in total. The molecule has 0 aliphatic rings. The Balaban J connectivity index is 3.02. The van der Waals surface area contributed by atoms with Gasteiger partial charge in [-0.05, 0) is 6.92 Å². The average Bonchev–Trinajstić information content (AvgIpc) is 2.34. The molecule has 1 unspecified atom stereocenters. The van der Waals surface area contributed by atoms with E-state index in [0.29, 0.717) is 0 Å². The molecule has 0 radical (unpaired) electrons. The molecule has 0 saturated carbocycles. The van der Waals surface area contributed by atoms with E-state index in [1.54, 1.807) is 4.68 Å². The number of nitrogens with one attached hydrogen (secondary N) is 1. The van der Waals surface area contributed by atoms with Crippen LogP contribution < -0.4 is 11.3 Å². The molecule has 0 bridgehead atoms. The molecule has 1 aromatic heterocycles. The number of hydrazine groups is 1. The lowest BCUT2D eigenvalue weighted by Gasteiger charge is -2.06. The summed E-state index contributed by atoms with van der Waals surface area (Å²) in [7, 11) is 1.85. The van der Waals surface area contributed by atoms with Crippen LogP contribution in [-0.2, 0) is 7.05 Å². The van der Waals surface area contributed by atoms with Gasteiger partial charge in [-0.15, -0.1) is 6.42 Å². The van der Waals surface area contributed by atoms with E-state index in [1.807, 2.05) is 20.2 Å². The van der Waals surface area contributed by atoms with Crippen LogP contribution in [0.2, 0.25) is 0 Å². The lowest BCUT2D eigenvalue weighted by atomic mass is 10.1. The number of terminal acetylenes is 1. The van der Waals surface area contributed by atoms with Crippen molar-refractivity contribution in [3.63, 3.8) is 0 Å². The number of aryl methyl sites for hydroxylation is 2. The van der Waals surface area contributed by atoms with Gasteiger partial charge in [-0.3, -0.25) is 10.5 Å². The molecule has 4 heteroatoms. The Bertz CT molecular complexity index is 307. The van der Waals surface area contributed by atoms with Gasteiger partial charge in [0.25, 0.3) is 0 Å². The number of nitrogens with zero attached hydrogens (tertiary/aromatic N) is 2. The highest BCUT2D eigenvalue weighted by Gasteiger charge is 2.11. The molecule has 0 spiro atoms. The van der Waals surface area contributed by atoms with Gasteiger partial charge in [-0.25, -0.2) is 5.43 Å². The van der Waals surface area contributed by atoms with Crippen LogP contribution in [0.25, 0.3) is 0 Å². The number of hydrogen-bond donors (Lipinski definition) is 2. The largest absolute Gasteiger partial charge is 0.275 e. The highest BCUT2D eigenvalue weighted by atomic mass is 15.3. The third kappa shape index (κ3) is 1.47. The minimum absolute atomic E-state index is 0.251. The first-order valence-electron chi connectivity index (χ1n) is 3.61. The molecule has 64 valence electrons. The van der Waals surface area contributed by atoms with Crippen molar-refractivity contribution in [2.75, 3.05) is 0 Å². The molecule has 1 aromatic rings. The summed E-state index contributed by atoms with van der Waals surface area (Å²) in [5.74, 6) is 7.80. The summed E-state index contributed by atoms with van der Waals surface area (Å²) in [4.78, 5) is 0. The van der Waals surface area contributed by atoms with Crippen LogP contribution in [-0.4, -0.2) is 9.78 Å². The Kier molecular flexibility index (Phi) is 2.48. The van der Waals surface area contributed by atoms with Crippen molar-refractivity contribution >= 4 is 0 Å². The van der Waals surface area contributed by atoms with Crippen LogP contribution in [0.4, 0.5) is 0 Å². The van der Waals surface area contributed by atoms with Crippen molar-refractivity contribution in [1.82, 2.24) is 15.2 Å². The van der Waals surface area contributed by atoms with Crippen LogP contribution in [0, 0.1) is 19.3 Å². The van der Waals surface area contributed by atoms with Gasteiger partial charge >= 0.3 is 0 Å². The Morgan fingerprint density at radius 3 is 2.83 bits per heavy atom. The van der Waals surface area contributed by atoms with Gasteiger partial charge in [0.2, 0.25) is 0 Å². The van der Waals surface area contributed by atoms with Crippen LogP contribution in [0.1, 0.15) is 17.3 Å². The first kappa shape index (κ1) is 8.78. The maximum atomic E-state index is 5.26. The molecule has 0 aliphatic carbocycles. The average molecular weight is 164 g/mol. The zero-order valence-electron chi connectivity index (χ0n) is 7.20. The molecule has 4 nitrogen and oxygen atoms in total. The van der Waals surface area contributed by atoms with E-state index in [-0.39, 0.29) is 6.04 Å². The van der Waals surface area contributed by atoms with Crippen molar-refractivity contribution in [2.45, 2.75) is 13.0 Å². The molecular formula is C8H12N4. The summed E-state index contributed by atoms with van der Waals surface area (Å²) >= 11 is 0. The smallest absolute Gasteiger partial charge is 0.110 e. The van der Waals surface area contributed by atoms with Gasteiger partial charge in [0.15, 0.2) is 0 Å². The molecule has 12 heavy (non-hydrogen) atoms. The van der Waals surface area contributed by atoms with Crippen LogP contribution in [0.15, 0.2) is 6.20 Å². The molecule has 0 saturated heterocycles. The third-order valence-corrected chi connectivity index (χ3v) is 1.70. The Morgan fingerprint density at radius 2 is 2.50 bits per heavy atom. The summed E-state index contributed by atoms with van der Waals surface area (Å²) in [6, 6.07) is -0.251. The maximum absolute atomic E-state index is 5.26. The first-order chi connectivity index (χ1) is 5.69. The Hall–Kier alpha value is -1.31. The SMILES string of the molecule is C#CC(NN)c1cn(C)nc1C. The summed E-state index contributed by atoms with van der Waals surface area (Å²) in [5.41, 5.74) is 4.38. The third-order valence-electron chi connectivity index (χ3n) is 1.70. The standard InChI is InChI=1S/C8H12N4/c1-4-8(10-9)7-5-12(3)11-6(7)2/h1,5,8,10H,9H2,2-3H3. The van der Waals surface area contributed by atoms with Gasteiger partial charge in [-0.1, -0.05) is 5.92 Å². The monoisotopic (exact) mass is 164 g/mol. The molecular weight excluding hydrogens is 152 g/mol. The molecule has 1 heterocycles. The first-order valence-corrected chi connectivity index (χ1v) is 3.61. The van der Waals surface area contributed by atoms with E-state index in [1.165, 1.54) is 0 Å². The normalized spacial score (nSPS) is 12.5.